The van der Waals surface area contributed by atoms with Crippen LogP contribution < -0.4 is 0 Å². The Balaban J connectivity index is 2.49. The summed E-state index contributed by atoms with van der Waals surface area (Å²) in [5, 5.41) is 0. The zero-order valence-corrected chi connectivity index (χ0v) is 9.08. The van der Waals surface area contributed by atoms with E-state index in [1.807, 2.05) is 0 Å². The molecule has 0 aliphatic heterocycles. The highest BCUT2D eigenvalue weighted by atomic mass is 19.2. The van der Waals surface area contributed by atoms with Crippen molar-refractivity contribution in [2.24, 2.45) is 0 Å². The van der Waals surface area contributed by atoms with E-state index >= 15 is 0 Å². The molecule has 2 rings (SSSR count). The molecule has 86 valence electrons. The SMILES string of the molecule is CC(=O)c1cccc(-c2ccc(F)c(F)c2)n1. The van der Waals surface area contributed by atoms with Gasteiger partial charge in [0.15, 0.2) is 17.4 Å². The third kappa shape index (κ3) is 2.36. The Morgan fingerprint density at radius 3 is 2.53 bits per heavy atom. The van der Waals surface area contributed by atoms with Gasteiger partial charge in [-0.3, -0.25) is 4.79 Å². The smallest absolute Gasteiger partial charge is 0.178 e. The van der Waals surface area contributed by atoms with Crippen molar-refractivity contribution >= 4 is 5.78 Å². The molecule has 0 aliphatic carbocycles. The molecule has 0 radical (unpaired) electrons. The summed E-state index contributed by atoms with van der Waals surface area (Å²) < 4.78 is 25.8. The topological polar surface area (TPSA) is 30.0 Å². The Morgan fingerprint density at radius 2 is 1.88 bits per heavy atom. The lowest BCUT2D eigenvalue weighted by atomic mass is 10.1. The predicted octanol–water partition coefficient (Wildman–Crippen LogP) is 3.23. The van der Waals surface area contributed by atoms with Gasteiger partial charge in [-0.1, -0.05) is 6.07 Å². The monoisotopic (exact) mass is 233 g/mol. The molecule has 2 nitrogen and oxygen atoms in total. The number of rotatable bonds is 2. The Hall–Kier alpha value is -2.10. The first-order chi connectivity index (χ1) is 8.08. The first-order valence-corrected chi connectivity index (χ1v) is 5.01. The van der Waals surface area contributed by atoms with E-state index in [2.05, 4.69) is 4.98 Å². The second-order valence-electron chi connectivity index (χ2n) is 3.59. The number of hydrogen-bond donors (Lipinski definition) is 0. The number of pyridine rings is 1. The molecule has 0 aliphatic rings. The molecule has 1 heterocycles. The van der Waals surface area contributed by atoms with Gasteiger partial charge < -0.3 is 0 Å². The minimum Gasteiger partial charge on any atom is -0.293 e. The van der Waals surface area contributed by atoms with Crippen molar-refractivity contribution in [3.05, 3.63) is 53.7 Å². The van der Waals surface area contributed by atoms with E-state index in [1.165, 1.54) is 13.0 Å². The van der Waals surface area contributed by atoms with Crippen LogP contribution in [0.25, 0.3) is 11.3 Å². The zero-order valence-electron chi connectivity index (χ0n) is 9.08. The second-order valence-corrected chi connectivity index (χ2v) is 3.59. The van der Waals surface area contributed by atoms with Crippen molar-refractivity contribution in [3.63, 3.8) is 0 Å². The number of halogens is 2. The number of hydrogen-bond acceptors (Lipinski definition) is 2. The highest BCUT2D eigenvalue weighted by Crippen LogP contribution is 2.19. The van der Waals surface area contributed by atoms with Crippen LogP contribution in [0.15, 0.2) is 36.4 Å². The fraction of sp³-hybridized carbons (Fsp3) is 0.0769. The largest absolute Gasteiger partial charge is 0.293 e. The Bertz CT molecular complexity index is 581. The molecule has 0 amide bonds. The Labute approximate surface area is 96.9 Å². The summed E-state index contributed by atoms with van der Waals surface area (Å²) in [6.45, 7) is 1.40. The van der Waals surface area contributed by atoms with Crippen LogP contribution in [-0.4, -0.2) is 10.8 Å². The lowest BCUT2D eigenvalue weighted by molar-refractivity contribution is 0.101. The summed E-state index contributed by atoms with van der Waals surface area (Å²) >= 11 is 0. The molecule has 0 N–H and O–H groups in total. The number of Topliss-reactive ketones (excluding diaryl/α,β-unsaturated/α-hetero) is 1. The van der Waals surface area contributed by atoms with E-state index < -0.39 is 11.6 Å². The van der Waals surface area contributed by atoms with Crippen molar-refractivity contribution in [1.29, 1.82) is 0 Å². The molecule has 0 fully saturated rings. The molecule has 0 spiro atoms. The molecule has 1 aromatic heterocycles. The molecule has 0 unspecified atom stereocenters. The van der Waals surface area contributed by atoms with Gasteiger partial charge in [0.1, 0.15) is 5.69 Å². The van der Waals surface area contributed by atoms with Crippen LogP contribution in [0.5, 0.6) is 0 Å². The molecule has 0 saturated carbocycles. The van der Waals surface area contributed by atoms with Crippen molar-refractivity contribution in [2.45, 2.75) is 6.92 Å². The van der Waals surface area contributed by atoms with Crippen LogP contribution in [0.4, 0.5) is 8.78 Å². The molecule has 1 aromatic carbocycles. The summed E-state index contributed by atoms with van der Waals surface area (Å²) in [5.41, 5.74) is 1.18. The number of carbonyl (C=O) groups is 1. The highest BCUT2D eigenvalue weighted by molar-refractivity contribution is 5.92. The maximum absolute atomic E-state index is 13.1. The van der Waals surface area contributed by atoms with E-state index in [9.17, 15) is 13.6 Å². The molecule has 0 bridgehead atoms. The maximum Gasteiger partial charge on any atom is 0.178 e. The van der Waals surface area contributed by atoms with Crippen LogP contribution >= 0.6 is 0 Å². The summed E-state index contributed by atoms with van der Waals surface area (Å²) in [4.78, 5) is 15.2. The minimum atomic E-state index is -0.933. The number of benzene rings is 1. The molecule has 0 atom stereocenters. The summed E-state index contributed by atoms with van der Waals surface area (Å²) in [7, 11) is 0. The van der Waals surface area contributed by atoms with Gasteiger partial charge in [-0.05, 0) is 30.3 Å². The van der Waals surface area contributed by atoms with Gasteiger partial charge in [0.2, 0.25) is 0 Å². The molecular formula is C13H9F2NO. The van der Waals surface area contributed by atoms with Crippen molar-refractivity contribution in [1.82, 2.24) is 4.98 Å². The van der Waals surface area contributed by atoms with E-state index in [0.717, 1.165) is 12.1 Å². The summed E-state index contributed by atoms with van der Waals surface area (Å²) in [6.07, 6.45) is 0. The summed E-state index contributed by atoms with van der Waals surface area (Å²) in [5.74, 6) is -2.01. The second kappa shape index (κ2) is 4.41. The lowest BCUT2D eigenvalue weighted by Crippen LogP contribution is -1.97. The first-order valence-electron chi connectivity index (χ1n) is 5.01. The average Bonchev–Trinajstić information content (AvgIpc) is 2.33. The van der Waals surface area contributed by atoms with Gasteiger partial charge in [0.25, 0.3) is 0 Å². The standard InChI is InChI=1S/C13H9F2NO/c1-8(17)12-3-2-4-13(16-12)9-5-6-10(14)11(15)7-9/h2-7H,1H3. The van der Waals surface area contributed by atoms with Crippen LogP contribution in [0.2, 0.25) is 0 Å². The zero-order chi connectivity index (χ0) is 12.4. The van der Waals surface area contributed by atoms with Crippen LogP contribution in [0, 0.1) is 11.6 Å². The number of aromatic nitrogens is 1. The highest BCUT2D eigenvalue weighted by Gasteiger charge is 2.07. The van der Waals surface area contributed by atoms with Gasteiger partial charge >= 0.3 is 0 Å². The molecular weight excluding hydrogens is 224 g/mol. The normalized spacial score (nSPS) is 10.3. The van der Waals surface area contributed by atoms with E-state index in [1.54, 1.807) is 18.2 Å². The first kappa shape index (κ1) is 11.4. The molecule has 4 heteroatoms. The van der Waals surface area contributed by atoms with Gasteiger partial charge in [-0.15, -0.1) is 0 Å². The number of ketones is 1. The number of carbonyl (C=O) groups excluding carboxylic acids is 1. The third-order valence-electron chi connectivity index (χ3n) is 2.33. The lowest BCUT2D eigenvalue weighted by Gasteiger charge is -2.03. The van der Waals surface area contributed by atoms with Crippen molar-refractivity contribution in [2.75, 3.05) is 0 Å². The van der Waals surface area contributed by atoms with Crippen molar-refractivity contribution < 1.29 is 13.6 Å². The van der Waals surface area contributed by atoms with Crippen LogP contribution in [0.3, 0.4) is 0 Å². The fourth-order valence-corrected chi connectivity index (χ4v) is 1.45. The minimum absolute atomic E-state index is 0.172. The van der Waals surface area contributed by atoms with E-state index in [0.29, 0.717) is 17.0 Å². The van der Waals surface area contributed by atoms with Gasteiger partial charge in [0.05, 0.1) is 5.69 Å². The average molecular weight is 233 g/mol. The molecule has 17 heavy (non-hydrogen) atoms. The van der Waals surface area contributed by atoms with Crippen LogP contribution in [0.1, 0.15) is 17.4 Å². The molecule has 0 saturated heterocycles. The van der Waals surface area contributed by atoms with Crippen molar-refractivity contribution in [3.8, 4) is 11.3 Å². The summed E-state index contributed by atoms with van der Waals surface area (Å²) in [6, 6.07) is 8.38. The van der Waals surface area contributed by atoms with Gasteiger partial charge in [0, 0.05) is 12.5 Å². The Kier molecular flexibility index (Phi) is 2.95. The van der Waals surface area contributed by atoms with Crippen LogP contribution in [-0.2, 0) is 0 Å². The third-order valence-corrected chi connectivity index (χ3v) is 2.33. The van der Waals surface area contributed by atoms with E-state index in [-0.39, 0.29) is 5.78 Å². The van der Waals surface area contributed by atoms with Gasteiger partial charge in [-0.2, -0.15) is 0 Å². The van der Waals surface area contributed by atoms with Gasteiger partial charge in [-0.25, -0.2) is 13.8 Å². The number of nitrogens with zero attached hydrogens (tertiary/aromatic N) is 1. The fourth-order valence-electron chi connectivity index (χ4n) is 1.45. The quantitative estimate of drug-likeness (QED) is 0.745. The maximum atomic E-state index is 13.1. The molecule has 2 aromatic rings. The Morgan fingerprint density at radius 1 is 1.12 bits per heavy atom. The van der Waals surface area contributed by atoms with E-state index in [4.69, 9.17) is 0 Å². The predicted molar refractivity (Wildman–Crippen MR) is 59.6 cm³/mol.